The van der Waals surface area contributed by atoms with E-state index in [4.69, 9.17) is 9.40 Å². The fourth-order valence-corrected chi connectivity index (χ4v) is 6.60. The summed E-state index contributed by atoms with van der Waals surface area (Å²) in [7, 11) is -3.46. The van der Waals surface area contributed by atoms with Gasteiger partial charge in [0.15, 0.2) is 0 Å². The van der Waals surface area contributed by atoms with Gasteiger partial charge in [-0.3, -0.25) is 4.79 Å². The van der Waals surface area contributed by atoms with Crippen molar-refractivity contribution >= 4 is 32.7 Å². The lowest BCUT2D eigenvalue weighted by Gasteiger charge is -2.33. The molecule has 186 valence electrons. The molecular weight excluding hydrogens is 464 g/mol. The number of amides is 1. The van der Waals surface area contributed by atoms with Gasteiger partial charge in [-0.05, 0) is 75.1 Å². The number of fused-ring (bicyclic) bond motifs is 1. The Morgan fingerprint density at radius 2 is 1.97 bits per heavy atom. The molecule has 2 aliphatic heterocycles. The van der Waals surface area contributed by atoms with Crippen molar-refractivity contribution in [2.45, 2.75) is 50.0 Å². The van der Waals surface area contributed by atoms with Gasteiger partial charge in [0.25, 0.3) is 0 Å². The SMILES string of the molecule is CC(Cc1ccco1)NC(=O)C1CCCN(c2ccc3cc(S(=O)(=O)N4CCCC4)ccc3n2)C1. The molecule has 3 aromatic rings. The van der Waals surface area contributed by atoms with Gasteiger partial charge in [0.1, 0.15) is 11.6 Å². The van der Waals surface area contributed by atoms with Crippen molar-refractivity contribution < 1.29 is 17.6 Å². The molecule has 4 heterocycles. The first-order valence-corrected chi connectivity index (χ1v) is 13.8. The van der Waals surface area contributed by atoms with E-state index in [1.807, 2.05) is 31.2 Å². The van der Waals surface area contributed by atoms with E-state index in [-0.39, 0.29) is 17.9 Å². The minimum Gasteiger partial charge on any atom is -0.469 e. The van der Waals surface area contributed by atoms with Crippen LogP contribution in [0.15, 0.2) is 58.0 Å². The summed E-state index contributed by atoms with van der Waals surface area (Å²) in [6.07, 6.45) is 5.90. The molecule has 2 aliphatic rings. The van der Waals surface area contributed by atoms with E-state index >= 15 is 0 Å². The number of carbonyl (C=O) groups excluding carboxylic acids is 1. The monoisotopic (exact) mass is 496 g/mol. The number of furan rings is 1. The van der Waals surface area contributed by atoms with Crippen LogP contribution >= 0.6 is 0 Å². The Morgan fingerprint density at radius 3 is 2.74 bits per heavy atom. The number of anilines is 1. The third kappa shape index (κ3) is 5.21. The van der Waals surface area contributed by atoms with Crippen molar-refractivity contribution in [3.63, 3.8) is 0 Å². The second kappa shape index (κ2) is 9.99. The van der Waals surface area contributed by atoms with Gasteiger partial charge in [-0.25, -0.2) is 13.4 Å². The lowest BCUT2D eigenvalue weighted by atomic mass is 9.96. The van der Waals surface area contributed by atoms with Crippen LogP contribution in [0.4, 0.5) is 5.82 Å². The molecule has 0 spiro atoms. The number of nitrogens with zero attached hydrogens (tertiary/aromatic N) is 3. The summed E-state index contributed by atoms with van der Waals surface area (Å²) in [6, 6.07) is 12.8. The van der Waals surface area contributed by atoms with Crippen LogP contribution in [-0.4, -0.2) is 55.8 Å². The lowest BCUT2D eigenvalue weighted by molar-refractivity contribution is -0.125. The van der Waals surface area contributed by atoms with E-state index in [0.29, 0.717) is 31.0 Å². The van der Waals surface area contributed by atoms with Crippen LogP contribution in [0.5, 0.6) is 0 Å². The van der Waals surface area contributed by atoms with Crippen LogP contribution in [0.1, 0.15) is 38.4 Å². The maximum absolute atomic E-state index is 12.9. The van der Waals surface area contributed by atoms with Crippen molar-refractivity contribution in [2.75, 3.05) is 31.1 Å². The van der Waals surface area contributed by atoms with Crippen LogP contribution in [0.2, 0.25) is 0 Å². The highest BCUT2D eigenvalue weighted by Crippen LogP contribution is 2.27. The molecule has 0 saturated carbocycles. The predicted molar refractivity (Wildman–Crippen MR) is 135 cm³/mol. The summed E-state index contributed by atoms with van der Waals surface area (Å²) in [4.78, 5) is 20.2. The highest BCUT2D eigenvalue weighted by atomic mass is 32.2. The largest absolute Gasteiger partial charge is 0.469 e. The van der Waals surface area contributed by atoms with Gasteiger partial charge in [0.05, 0.1) is 22.6 Å². The normalized spacial score (nSPS) is 20.3. The third-order valence-electron chi connectivity index (χ3n) is 6.94. The molecule has 1 N–H and O–H groups in total. The minimum atomic E-state index is -3.46. The van der Waals surface area contributed by atoms with Crippen LogP contribution in [-0.2, 0) is 21.2 Å². The van der Waals surface area contributed by atoms with Gasteiger partial charge in [-0.2, -0.15) is 4.31 Å². The molecule has 2 unspecified atom stereocenters. The van der Waals surface area contributed by atoms with Crippen molar-refractivity contribution in [3.05, 3.63) is 54.5 Å². The van der Waals surface area contributed by atoms with Crippen LogP contribution in [0, 0.1) is 5.92 Å². The topological polar surface area (TPSA) is 95.8 Å². The zero-order chi connectivity index (χ0) is 24.4. The number of rotatable bonds is 7. The van der Waals surface area contributed by atoms with E-state index in [1.54, 1.807) is 28.8 Å². The van der Waals surface area contributed by atoms with E-state index in [9.17, 15) is 13.2 Å². The zero-order valence-corrected chi connectivity index (χ0v) is 20.8. The summed E-state index contributed by atoms with van der Waals surface area (Å²) in [5.41, 5.74) is 0.751. The zero-order valence-electron chi connectivity index (χ0n) is 20.0. The lowest BCUT2D eigenvalue weighted by Crippen LogP contribution is -2.46. The first-order valence-electron chi connectivity index (χ1n) is 12.4. The number of nitrogens with one attached hydrogen (secondary N) is 1. The molecule has 9 heteroatoms. The van der Waals surface area contributed by atoms with Gasteiger partial charge < -0.3 is 14.6 Å². The molecule has 8 nitrogen and oxygen atoms in total. The van der Waals surface area contributed by atoms with E-state index in [1.165, 1.54) is 0 Å². The third-order valence-corrected chi connectivity index (χ3v) is 8.84. The second-order valence-corrected chi connectivity index (χ2v) is 11.6. The molecule has 2 saturated heterocycles. The van der Waals surface area contributed by atoms with E-state index in [0.717, 1.165) is 54.7 Å². The summed E-state index contributed by atoms with van der Waals surface area (Å²) in [6.45, 7) is 4.61. The van der Waals surface area contributed by atoms with E-state index in [2.05, 4.69) is 10.2 Å². The predicted octanol–water partition coefficient (Wildman–Crippen LogP) is 3.58. The average molecular weight is 497 g/mol. The molecule has 2 atom stereocenters. The quantitative estimate of drug-likeness (QED) is 0.537. The van der Waals surface area contributed by atoms with Gasteiger partial charge in [0, 0.05) is 44.0 Å². The van der Waals surface area contributed by atoms with Crippen molar-refractivity contribution in [1.82, 2.24) is 14.6 Å². The van der Waals surface area contributed by atoms with E-state index < -0.39 is 10.0 Å². The number of benzene rings is 1. The summed E-state index contributed by atoms with van der Waals surface area (Å²) < 4.78 is 32.8. The Bertz CT molecular complexity index is 1290. The Kier molecular flexibility index (Phi) is 6.80. The van der Waals surface area contributed by atoms with Crippen molar-refractivity contribution in [1.29, 1.82) is 0 Å². The molecular formula is C26H32N4O4S. The fourth-order valence-electron chi connectivity index (χ4n) is 5.05. The molecule has 5 rings (SSSR count). The molecule has 0 radical (unpaired) electrons. The Balaban J connectivity index is 1.26. The van der Waals surface area contributed by atoms with Crippen molar-refractivity contribution in [2.24, 2.45) is 5.92 Å². The number of pyridine rings is 1. The smallest absolute Gasteiger partial charge is 0.243 e. The summed E-state index contributed by atoms with van der Waals surface area (Å²) in [5, 5.41) is 3.92. The Morgan fingerprint density at radius 1 is 1.14 bits per heavy atom. The fraction of sp³-hybridized carbons (Fsp3) is 0.462. The molecule has 2 aromatic heterocycles. The number of aromatic nitrogens is 1. The molecule has 35 heavy (non-hydrogen) atoms. The Labute approximate surface area is 206 Å². The first kappa shape index (κ1) is 23.8. The summed E-state index contributed by atoms with van der Waals surface area (Å²) >= 11 is 0. The highest BCUT2D eigenvalue weighted by molar-refractivity contribution is 7.89. The summed E-state index contributed by atoms with van der Waals surface area (Å²) in [5.74, 6) is 1.63. The van der Waals surface area contributed by atoms with Gasteiger partial charge in [-0.15, -0.1) is 0 Å². The van der Waals surface area contributed by atoms with Gasteiger partial charge >= 0.3 is 0 Å². The highest BCUT2D eigenvalue weighted by Gasteiger charge is 2.29. The minimum absolute atomic E-state index is 0.00569. The standard InChI is InChI=1S/C26H32N4O4S/c1-19(16-22-7-5-15-34-22)27-26(31)21-6-4-12-29(18-21)25-11-8-20-17-23(9-10-24(20)28-25)35(32,33)30-13-2-3-14-30/h5,7-11,15,17,19,21H,2-4,6,12-14,16,18H2,1H3,(H,27,31). The number of carbonyl (C=O) groups is 1. The number of hydrogen-bond acceptors (Lipinski definition) is 6. The molecule has 1 aromatic carbocycles. The Hall–Kier alpha value is -2.91. The van der Waals surface area contributed by atoms with Crippen molar-refractivity contribution in [3.8, 4) is 0 Å². The maximum atomic E-state index is 12.9. The van der Waals surface area contributed by atoms with Gasteiger partial charge in [0.2, 0.25) is 15.9 Å². The van der Waals surface area contributed by atoms with Crippen LogP contribution in [0.3, 0.4) is 0 Å². The van der Waals surface area contributed by atoms with Crippen LogP contribution in [0.25, 0.3) is 10.9 Å². The number of piperidine rings is 1. The number of hydrogen-bond donors (Lipinski definition) is 1. The molecule has 0 aliphatic carbocycles. The average Bonchev–Trinajstić information content (AvgIpc) is 3.58. The first-order chi connectivity index (χ1) is 16.9. The van der Waals surface area contributed by atoms with Gasteiger partial charge in [-0.1, -0.05) is 0 Å². The second-order valence-electron chi connectivity index (χ2n) is 9.61. The maximum Gasteiger partial charge on any atom is 0.243 e. The molecule has 1 amide bonds. The molecule has 0 bridgehead atoms. The van der Waals surface area contributed by atoms with Crippen LogP contribution < -0.4 is 10.2 Å². The molecule has 2 fully saturated rings. The number of sulfonamides is 1.